The largest absolute Gasteiger partial charge is 0.481 e. The van der Waals surface area contributed by atoms with Gasteiger partial charge in [0.15, 0.2) is 0 Å². The van der Waals surface area contributed by atoms with Gasteiger partial charge < -0.3 is 10.4 Å². The minimum Gasteiger partial charge on any atom is -0.481 e. The van der Waals surface area contributed by atoms with Gasteiger partial charge in [0, 0.05) is 11.4 Å². The molecule has 5 heteroatoms. The molecule has 2 N–H and O–H groups in total. The molecule has 1 fully saturated rings. The average Bonchev–Trinajstić information content (AvgIpc) is 3.12. The first-order valence-corrected chi connectivity index (χ1v) is 6.84. The van der Waals surface area contributed by atoms with Gasteiger partial charge in [-0.25, -0.2) is 0 Å². The predicted molar refractivity (Wildman–Crippen MR) is 72.0 cm³/mol. The van der Waals surface area contributed by atoms with Gasteiger partial charge in [-0.1, -0.05) is 12.1 Å². The average molecular weight is 262 g/mol. The van der Waals surface area contributed by atoms with E-state index in [-0.39, 0.29) is 12.5 Å². The van der Waals surface area contributed by atoms with E-state index >= 15 is 0 Å². The highest BCUT2D eigenvalue weighted by molar-refractivity contribution is 7.11. The van der Waals surface area contributed by atoms with Crippen LogP contribution in [0.25, 0.3) is 10.9 Å². The van der Waals surface area contributed by atoms with Crippen molar-refractivity contribution in [2.24, 2.45) is 5.92 Å². The highest BCUT2D eigenvalue weighted by atomic mass is 32.1. The SMILES string of the molecule is O=C(O)CC(Nc1snc2ccccc12)C1CC1. The lowest BCUT2D eigenvalue weighted by atomic mass is 10.1. The van der Waals surface area contributed by atoms with Gasteiger partial charge in [0.2, 0.25) is 0 Å². The van der Waals surface area contributed by atoms with Crippen LogP contribution in [0.5, 0.6) is 0 Å². The van der Waals surface area contributed by atoms with E-state index in [1.165, 1.54) is 11.5 Å². The van der Waals surface area contributed by atoms with Gasteiger partial charge in [0.25, 0.3) is 0 Å². The molecule has 18 heavy (non-hydrogen) atoms. The molecule has 2 aromatic rings. The molecule has 1 atom stereocenters. The highest BCUT2D eigenvalue weighted by Crippen LogP contribution is 2.37. The van der Waals surface area contributed by atoms with E-state index in [1.54, 1.807) is 0 Å². The Balaban J connectivity index is 1.83. The quantitative estimate of drug-likeness (QED) is 0.869. The molecule has 0 spiro atoms. The van der Waals surface area contributed by atoms with Gasteiger partial charge in [-0.2, -0.15) is 4.37 Å². The van der Waals surface area contributed by atoms with E-state index in [9.17, 15) is 4.79 Å². The molecule has 0 radical (unpaired) electrons. The molecule has 0 amide bonds. The smallest absolute Gasteiger partial charge is 0.305 e. The molecule has 3 rings (SSSR count). The molecule has 0 bridgehead atoms. The molecule has 0 aliphatic heterocycles. The van der Waals surface area contributed by atoms with Crippen LogP contribution in [0.3, 0.4) is 0 Å². The molecule has 1 aliphatic carbocycles. The van der Waals surface area contributed by atoms with Crippen molar-refractivity contribution in [3.05, 3.63) is 24.3 Å². The van der Waals surface area contributed by atoms with Crippen molar-refractivity contribution in [1.82, 2.24) is 4.37 Å². The van der Waals surface area contributed by atoms with Crippen molar-refractivity contribution >= 4 is 33.4 Å². The fourth-order valence-corrected chi connectivity index (χ4v) is 3.01. The topological polar surface area (TPSA) is 62.2 Å². The number of benzene rings is 1. The summed E-state index contributed by atoms with van der Waals surface area (Å²) in [7, 11) is 0. The maximum absolute atomic E-state index is 10.9. The van der Waals surface area contributed by atoms with Crippen LogP contribution in [0.1, 0.15) is 19.3 Å². The van der Waals surface area contributed by atoms with Gasteiger partial charge >= 0.3 is 5.97 Å². The second-order valence-electron chi connectivity index (χ2n) is 4.71. The van der Waals surface area contributed by atoms with Crippen molar-refractivity contribution in [2.45, 2.75) is 25.3 Å². The zero-order valence-corrected chi connectivity index (χ0v) is 10.6. The number of hydrogen-bond acceptors (Lipinski definition) is 4. The van der Waals surface area contributed by atoms with Gasteiger partial charge in [-0.3, -0.25) is 4.79 Å². The number of carbonyl (C=O) groups is 1. The molecule has 94 valence electrons. The third-order valence-corrected chi connectivity index (χ3v) is 4.09. The van der Waals surface area contributed by atoms with Crippen molar-refractivity contribution in [2.75, 3.05) is 5.32 Å². The van der Waals surface area contributed by atoms with Gasteiger partial charge in [0.05, 0.1) is 11.9 Å². The second-order valence-corrected chi connectivity index (χ2v) is 5.49. The number of anilines is 1. The summed E-state index contributed by atoms with van der Waals surface area (Å²) in [6.07, 6.45) is 2.43. The lowest BCUT2D eigenvalue weighted by Crippen LogP contribution is -2.24. The third-order valence-electron chi connectivity index (χ3n) is 3.29. The molecule has 1 saturated carbocycles. The van der Waals surface area contributed by atoms with Crippen molar-refractivity contribution < 1.29 is 9.90 Å². The first kappa shape index (κ1) is 11.5. The van der Waals surface area contributed by atoms with E-state index < -0.39 is 5.97 Å². The Hall–Kier alpha value is -1.62. The Labute approximate surface area is 109 Å². The van der Waals surface area contributed by atoms with Crippen LogP contribution in [0.4, 0.5) is 5.00 Å². The molecule has 1 unspecified atom stereocenters. The predicted octanol–water partition coefficient (Wildman–Crippen LogP) is 2.96. The lowest BCUT2D eigenvalue weighted by Gasteiger charge is -2.16. The number of nitrogens with one attached hydrogen (secondary N) is 1. The fourth-order valence-electron chi connectivity index (χ4n) is 2.18. The summed E-state index contributed by atoms with van der Waals surface area (Å²) in [4.78, 5) is 10.9. The summed E-state index contributed by atoms with van der Waals surface area (Å²) in [6.45, 7) is 0. The molecule has 1 heterocycles. The normalized spacial score (nSPS) is 16.7. The maximum Gasteiger partial charge on any atom is 0.305 e. The number of nitrogens with zero attached hydrogens (tertiary/aromatic N) is 1. The Morgan fingerprint density at radius 2 is 2.28 bits per heavy atom. The van der Waals surface area contributed by atoms with Crippen LogP contribution in [-0.2, 0) is 4.79 Å². The number of carboxylic acid groups (broad SMARTS) is 1. The molecule has 1 aromatic heterocycles. The Bertz CT molecular complexity index is 577. The monoisotopic (exact) mass is 262 g/mol. The van der Waals surface area contributed by atoms with E-state index in [1.807, 2.05) is 24.3 Å². The molecule has 1 aromatic carbocycles. The summed E-state index contributed by atoms with van der Waals surface area (Å²) in [6, 6.07) is 7.96. The zero-order chi connectivity index (χ0) is 12.5. The maximum atomic E-state index is 10.9. The summed E-state index contributed by atoms with van der Waals surface area (Å²) in [5.41, 5.74) is 0.967. The van der Waals surface area contributed by atoms with Crippen LogP contribution in [0.15, 0.2) is 24.3 Å². The number of aromatic nitrogens is 1. The van der Waals surface area contributed by atoms with Crippen LogP contribution in [0.2, 0.25) is 0 Å². The van der Waals surface area contributed by atoms with Gasteiger partial charge in [-0.15, -0.1) is 0 Å². The summed E-state index contributed by atoms with van der Waals surface area (Å²) >= 11 is 1.41. The molecular weight excluding hydrogens is 248 g/mol. The molecule has 0 saturated heterocycles. The number of fused-ring (bicyclic) bond motifs is 1. The number of carboxylic acids is 1. The van der Waals surface area contributed by atoms with Crippen LogP contribution < -0.4 is 5.32 Å². The number of aliphatic carboxylic acids is 1. The Morgan fingerprint density at radius 1 is 1.50 bits per heavy atom. The Kier molecular flexibility index (Phi) is 2.91. The standard InChI is InChI=1S/C13H14N2O2S/c16-12(17)7-11(8-5-6-8)14-13-9-3-1-2-4-10(9)15-18-13/h1-4,8,11,14H,5-7H2,(H,16,17). The third kappa shape index (κ3) is 2.31. The molecule has 1 aliphatic rings. The van der Waals surface area contributed by atoms with Crippen molar-refractivity contribution in [3.8, 4) is 0 Å². The van der Waals surface area contributed by atoms with E-state index in [0.29, 0.717) is 5.92 Å². The summed E-state index contributed by atoms with van der Waals surface area (Å²) < 4.78 is 4.36. The van der Waals surface area contributed by atoms with Crippen molar-refractivity contribution in [1.29, 1.82) is 0 Å². The van der Waals surface area contributed by atoms with Gasteiger partial charge in [0.1, 0.15) is 5.00 Å². The summed E-state index contributed by atoms with van der Waals surface area (Å²) in [5, 5.41) is 14.4. The van der Waals surface area contributed by atoms with E-state index in [0.717, 1.165) is 28.7 Å². The number of hydrogen-bond donors (Lipinski definition) is 2. The second kappa shape index (κ2) is 4.57. The fraction of sp³-hybridized carbons (Fsp3) is 0.385. The first-order valence-electron chi connectivity index (χ1n) is 6.07. The highest BCUT2D eigenvalue weighted by Gasteiger charge is 2.33. The van der Waals surface area contributed by atoms with Crippen LogP contribution >= 0.6 is 11.5 Å². The minimum absolute atomic E-state index is 0.0337. The zero-order valence-electron chi connectivity index (χ0n) is 9.80. The van der Waals surface area contributed by atoms with Crippen molar-refractivity contribution in [3.63, 3.8) is 0 Å². The van der Waals surface area contributed by atoms with Gasteiger partial charge in [-0.05, 0) is 42.4 Å². The number of rotatable bonds is 5. The van der Waals surface area contributed by atoms with E-state index in [4.69, 9.17) is 5.11 Å². The Morgan fingerprint density at radius 3 is 3.00 bits per heavy atom. The summed E-state index contributed by atoms with van der Waals surface area (Å²) in [5.74, 6) is -0.241. The van der Waals surface area contributed by atoms with E-state index in [2.05, 4.69) is 9.69 Å². The minimum atomic E-state index is -0.742. The van der Waals surface area contributed by atoms with Crippen LogP contribution in [-0.4, -0.2) is 21.5 Å². The molecule has 4 nitrogen and oxygen atoms in total. The van der Waals surface area contributed by atoms with Crippen LogP contribution in [0, 0.1) is 5.92 Å². The first-order chi connectivity index (χ1) is 8.74. The molecular formula is C13H14N2O2S. The lowest BCUT2D eigenvalue weighted by molar-refractivity contribution is -0.137.